The number of nitrogens with zero attached hydrogens (tertiary/aromatic N) is 2. The molecule has 0 saturated heterocycles. The lowest BCUT2D eigenvalue weighted by Crippen LogP contribution is -2.36. The zero-order valence-corrected chi connectivity index (χ0v) is 18.9. The van der Waals surface area contributed by atoms with Crippen LogP contribution in [0.2, 0.25) is 0 Å². The van der Waals surface area contributed by atoms with Crippen LogP contribution in [0.1, 0.15) is 36.4 Å². The van der Waals surface area contributed by atoms with Crippen LogP contribution in [0.4, 0.5) is 0 Å². The van der Waals surface area contributed by atoms with Gasteiger partial charge in [-0.1, -0.05) is 19.0 Å². The van der Waals surface area contributed by atoms with Gasteiger partial charge in [0.25, 0.3) is 0 Å². The molecule has 0 atom stereocenters. The van der Waals surface area contributed by atoms with Crippen LogP contribution in [0.25, 0.3) is 0 Å². The summed E-state index contributed by atoms with van der Waals surface area (Å²) in [6.07, 6.45) is 1.66. The first-order chi connectivity index (χ1) is 12.7. The van der Waals surface area contributed by atoms with Crippen molar-refractivity contribution in [3.05, 3.63) is 40.8 Å². The number of aliphatic imine (C=N–C) groups is 1. The predicted molar refractivity (Wildman–Crippen MR) is 117 cm³/mol. The van der Waals surface area contributed by atoms with Gasteiger partial charge in [-0.3, -0.25) is 4.99 Å². The number of guanidine groups is 1. The van der Waals surface area contributed by atoms with Crippen molar-refractivity contribution < 1.29 is 14.0 Å². The number of rotatable bonds is 8. The third-order valence-corrected chi connectivity index (χ3v) is 4.20. The van der Waals surface area contributed by atoms with Crippen molar-refractivity contribution in [2.45, 2.75) is 39.8 Å². The van der Waals surface area contributed by atoms with Gasteiger partial charge in [0.05, 0.1) is 19.9 Å². The molecule has 1 aromatic heterocycles. The smallest absolute Gasteiger partial charge is 0.191 e. The molecule has 0 fully saturated rings. The largest absolute Gasteiger partial charge is 0.497 e. The Labute approximate surface area is 177 Å². The van der Waals surface area contributed by atoms with E-state index in [1.807, 2.05) is 18.2 Å². The number of aryl methyl sites for hydroxylation is 2. The summed E-state index contributed by atoms with van der Waals surface area (Å²) in [5.41, 5.74) is 3.12. The first kappa shape index (κ1) is 23.1. The van der Waals surface area contributed by atoms with E-state index in [0.29, 0.717) is 19.0 Å². The summed E-state index contributed by atoms with van der Waals surface area (Å²) in [5, 5.41) is 10.8. The third-order valence-electron chi connectivity index (χ3n) is 4.20. The fourth-order valence-electron chi connectivity index (χ4n) is 2.71. The lowest BCUT2D eigenvalue weighted by atomic mass is 10.1. The number of benzene rings is 1. The molecule has 0 aliphatic carbocycles. The van der Waals surface area contributed by atoms with E-state index >= 15 is 0 Å². The highest BCUT2D eigenvalue weighted by Crippen LogP contribution is 2.24. The molecule has 2 aromatic rings. The van der Waals surface area contributed by atoms with E-state index in [4.69, 9.17) is 14.0 Å². The predicted octanol–water partition coefficient (Wildman–Crippen LogP) is 3.30. The summed E-state index contributed by atoms with van der Waals surface area (Å²) in [6.45, 7) is 5.34. The van der Waals surface area contributed by atoms with Crippen molar-refractivity contribution >= 4 is 29.9 Å². The molecule has 7 nitrogen and oxygen atoms in total. The van der Waals surface area contributed by atoms with E-state index in [0.717, 1.165) is 46.9 Å². The Balaban J connectivity index is 0.00000364. The van der Waals surface area contributed by atoms with Gasteiger partial charge in [-0.15, -0.1) is 24.0 Å². The fraction of sp³-hybridized carbons (Fsp3) is 0.474. The van der Waals surface area contributed by atoms with Crippen LogP contribution >= 0.6 is 24.0 Å². The third kappa shape index (κ3) is 6.02. The summed E-state index contributed by atoms with van der Waals surface area (Å²) in [4.78, 5) is 4.28. The van der Waals surface area contributed by atoms with E-state index in [2.05, 4.69) is 34.6 Å². The second-order valence-electron chi connectivity index (χ2n) is 5.70. The number of methoxy groups -OCH3 is 2. The second kappa shape index (κ2) is 11.7. The van der Waals surface area contributed by atoms with Gasteiger partial charge >= 0.3 is 0 Å². The maximum absolute atomic E-state index is 5.43. The molecule has 0 aliphatic rings. The van der Waals surface area contributed by atoms with Crippen LogP contribution in [0, 0.1) is 0 Å². The lowest BCUT2D eigenvalue weighted by Gasteiger charge is -2.14. The number of aromatic nitrogens is 1. The van der Waals surface area contributed by atoms with Gasteiger partial charge in [-0.05, 0) is 18.6 Å². The summed E-state index contributed by atoms with van der Waals surface area (Å²) in [5.74, 6) is 3.16. The van der Waals surface area contributed by atoms with E-state index in [9.17, 15) is 0 Å². The van der Waals surface area contributed by atoms with Crippen molar-refractivity contribution in [2.75, 3.05) is 21.3 Å². The van der Waals surface area contributed by atoms with Gasteiger partial charge in [0.2, 0.25) is 0 Å². The number of nitrogens with one attached hydrogen (secondary N) is 2. The molecule has 0 saturated carbocycles. The lowest BCUT2D eigenvalue weighted by molar-refractivity contribution is 0.380. The normalized spacial score (nSPS) is 10.9. The highest BCUT2D eigenvalue weighted by molar-refractivity contribution is 14.0. The van der Waals surface area contributed by atoms with Gasteiger partial charge in [0, 0.05) is 43.8 Å². The zero-order chi connectivity index (χ0) is 18.9. The quantitative estimate of drug-likeness (QED) is 0.337. The Morgan fingerprint density at radius 2 is 1.85 bits per heavy atom. The van der Waals surface area contributed by atoms with Crippen molar-refractivity contribution in [1.82, 2.24) is 15.8 Å². The van der Waals surface area contributed by atoms with Crippen molar-refractivity contribution in [1.29, 1.82) is 0 Å². The van der Waals surface area contributed by atoms with Gasteiger partial charge in [-0.25, -0.2) is 0 Å². The average molecular weight is 488 g/mol. The first-order valence-electron chi connectivity index (χ1n) is 8.78. The minimum absolute atomic E-state index is 0. The van der Waals surface area contributed by atoms with Crippen LogP contribution < -0.4 is 20.1 Å². The average Bonchev–Trinajstić information content (AvgIpc) is 3.09. The molecule has 0 amide bonds. The van der Waals surface area contributed by atoms with Crippen molar-refractivity contribution in [2.24, 2.45) is 4.99 Å². The molecule has 27 heavy (non-hydrogen) atoms. The molecule has 1 aromatic carbocycles. The van der Waals surface area contributed by atoms with Crippen LogP contribution in [-0.4, -0.2) is 32.4 Å². The van der Waals surface area contributed by atoms with E-state index in [1.54, 1.807) is 21.3 Å². The van der Waals surface area contributed by atoms with Gasteiger partial charge < -0.3 is 24.6 Å². The number of halogens is 1. The summed E-state index contributed by atoms with van der Waals surface area (Å²) in [7, 11) is 5.03. The van der Waals surface area contributed by atoms with Crippen molar-refractivity contribution in [3.63, 3.8) is 0 Å². The summed E-state index contributed by atoms with van der Waals surface area (Å²) < 4.78 is 16.1. The van der Waals surface area contributed by atoms with Crippen molar-refractivity contribution in [3.8, 4) is 11.5 Å². The highest BCUT2D eigenvalue weighted by atomic mass is 127. The van der Waals surface area contributed by atoms with Crippen LogP contribution in [-0.2, 0) is 25.9 Å². The molecule has 0 radical (unpaired) electrons. The Morgan fingerprint density at radius 3 is 2.44 bits per heavy atom. The molecule has 0 aliphatic heterocycles. The Kier molecular flexibility index (Phi) is 9.98. The van der Waals surface area contributed by atoms with Crippen LogP contribution in [0.15, 0.2) is 27.7 Å². The van der Waals surface area contributed by atoms with E-state index < -0.39 is 0 Å². The maximum Gasteiger partial charge on any atom is 0.191 e. The fourth-order valence-corrected chi connectivity index (χ4v) is 2.71. The highest BCUT2D eigenvalue weighted by Gasteiger charge is 2.14. The number of hydrogen-bond acceptors (Lipinski definition) is 5. The molecular formula is C19H29IN4O3. The molecular weight excluding hydrogens is 459 g/mol. The monoisotopic (exact) mass is 488 g/mol. The minimum atomic E-state index is 0. The van der Waals surface area contributed by atoms with Gasteiger partial charge in [-0.2, -0.15) is 0 Å². The molecule has 8 heteroatoms. The Bertz CT molecular complexity index is 725. The van der Waals surface area contributed by atoms with Crippen LogP contribution in [0.5, 0.6) is 11.5 Å². The molecule has 2 N–H and O–H groups in total. The molecule has 2 rings (SSSR count). The number of hydrogen-bond donors (Lipinski definition) is 2. The first-order valence-corrected chi connectivity index (χ1v) is 8.78. The summed E-state index contributed by atoms with van der Waals surface area (Å²) in [6, 6.07) is 5.75. The molecule has 0 bridgehead atoms. The molecule has 1 heterocycles. The number of ether oxygens (including phenoxy) is 2. The summed E-state index contributed by atoms with van der Waals surface area (Å²) >= 11 is 0. The molecule has 0 unspecified atom stereocenters. The van der Waals surface area contributed by atoms with Gasteiger partial charge in [0.15, 0.2) is 5.96 Å². The SMILES string of the molecule is CCc1noc(CC)c1CNC(=NC)NCc1ccc(OC)cc1OC.I. The van der Waals surface area contributed by atoms with E-state index in [-0.39, 0.29) is 24.0 Å². The standard InChI is InChI=1S/C19H28N4O3.HI/c1-6-16-15(17(7-2)26-23-16)12-22-19(20-3)21-11-13-8-9-14(24-4)10-18(13)25-5;/h8-10H,6-7,11-12H2,1-5H3,(H2,20,21,22);1H. The van der Waals surface area contributed by atoms with Gasteiger partial charge in [0.1, 0.15) is 17.3 Å². The minimum Gasteiger partial charge on any atom is -0.497 e. The Morgan fingerprint density at radius 1 is 1.11 bits per heavy atom. The second-order valence-corrected chi connectivity index (χ2v) is 5.70. The molecule has 150 valence electrons. The zero-order valence-electron chi connectivity index (χ0n) is 16.6. The topological polar surface area (TPSA) is 80.9 Å². The molecule has 0 spiro atoms. The maximum atomic E-state index is 5.43. The van der Waals surface area contributed by atoms with Crippen LogP contribution in [0.3, 0.4) is 0 Å². The van der Waals surface area contributed by atoms with E-state index in [1.165, 1.54) is 0 Å². The Hall–Kier alpha value is -1.97.